The van der Waals surface area contributed by atoms with Crippen LogP contribution in [0.5, 0.6) is 11.5 Å². The minimum Gasteiger partial charge on any atom is -0.507 e. The molecule has 2 rings (SSSR count). The molecule has 0 radical (unpaired) electrons. The van der Waals surface area contributed by atoms with Gasteiger partial charge in [0.25, 0.3) is 0 Å². The zero-order chi connectivity index (χ0) is 18.9. The van der Waals surface area contributed by atoms with Gasteiger partial charge in [0.05, 0.1) is 0 Å². The van der Waals surface area contributed by atoms with Gasteiger partial charge in [-0.2, -0.15) is 0 Å². The van der Waals surface area contributed by atoms with Crippen LogP contribution in [0.3, 0.4) is 0 Å². The molecule has 134 valence electrons. The van der Waals surface area contributed by atoms with Gasteiger partial charge < -0.3 is 10.2 Å². The fraction of sp³-hybridized carbons (Fsp3) is 0.429. The second-order valence-corrected chi connectivity index (χ2v) is 9.16. The molecule has 0 saturated carbocycles. The predicted octanol–water partition coefficient (Wildman–Crippen LogP) is 5.70. The van der Waals surface area contributed by atoms with E-state index < -0.39 is 7.80 Å². The molecule has 2 N–H and O–H groups in total. The van der Waals surface area contributed by atoms with Gasteiger partial charge >= 0.3 is 7.80 Å². The highest BCUT2D eigenvalue weighted by atomic mass is 31.1. The fourth-order valence-electron chi connectivity index (χ4n) is 3.34. The number of phenols is 2. The third-order valence-electron chi connectivity index (χ3n) is 5.03. The van der Waals surface area contributed by atoms with E-state index in [1.165, 1.54) is 0 Å². The van der Waals surface area contributed by atoms with Gasteiger partial charge in [-0.15, -0.1) is 0 Å². The standard InChI is InChI=1S/C21H27O3P/c1-12-7-17(8-13(2)20(12)22)19(11-16(5)25(6)24)18-9-14(3)21(23)15(4)10-18/h7-10,16,19H,11H2,1-6H3,(H-,22,23)/p+1. The van der Waals surface area contributed by atoms with Gasteiger partial charge in [-0.1, -0.05) is 28.8 Å². The summed E-state index contributed by atoms with van der Waals surface area (Å²) >= 11 is 0. The van der Waals surface area contributed by atoms with Crippen molar-refractivity contribution >= 4 is 7.80 Å². The van der Waals surface area contributed by atoms with Crippen molar-refractivity contribution in [3.8, 4) is 11.5 Å². The second-order valence-electron chi connectivity index (χ2n) is 7.19. The van der Waals surface area contributed by atoms with Crippen LogP contribution >= 0.6 is 7.80 Å². The summed E-state index contributed by atoms with van der Waals surface area (Å²) in [6.07, 6.45) is 0.763. The van der Waals surface area contributed by atoms with Crippen LogP contribution in [0, 0.1) is 27.7 Å². The van der Waals surface area contributed by atoms with Gasteiger partial charge in [-0.25, -0.2) is 0 Å². The Bertz CT molecular complexity index is 707. The maximum absolute atomic E-state index is 12.0. The molecule has 0 spiro atoms. The first-order valence-corrected chi connectivity index (χ1v) is 10.4. The summed E-state index contributed by atoms with van der Waals surface area (Å²) in [6, 6.07) is 8.06. The predicted molar refractivity (Wildman–Crippen MR) is 105 cm³/mol. The second kappa shape index (κ2) is 7.58. The summed E-state index contributed by atoms with van der Waals surface area (Å²) in [5, 5.41) is 20.2. The molecule has 0 heterocycles. The molecule has 0 fully saturated rings. The van der Waals surface area contributed by atoms with Crippen molar-refractivity contribution < 1.29 is 14.8 Å². The van der Waals surface area contributed by atoms with E-state index in [-0.39, 0.29) is 11.6 Å². The minimum atomic E-state index is -1.27. The summed E-state index contributed by atoms with van der Waals surface area (Å²) in [5.74, 6) is 0.732. The van der Waals surface area contributed by atoms with E-state index in [0.29, 0.717) is 11.5 Å². The lowest BCUT2D eigenvalue weighted by atomic mass is 9.84. The minimum absolute atomic E-state index is 0.0740. The monoisotopic (exact) mass is 359 g/mol. The average molecular weight is 359 g/mol. The molecule has 0 aromatic heterocycles. The highest BCUT2D eigenvalue weighted by molar-refractivity contribution is 7.44. The van der Waals surface area contributed by atoms with Crippen molar-refractivity contribution in [3.63, 3.8) is 0 Å². The van der Waals surface area contributed by atoms with Crippen LogP contribution in [0.15, 0.2) is 24.3 Å². The SMILES string of the molecule is Cc1cc(C(CC(C)[P+](C)=O)c2cc(C)c(O)c(C)c2)cc(C)c1O. The molecule has 0 aliphatic carbocycles. The van der Waals surface area contributed by atoms with Crippen LogP contribution in [0.2, 0.25) is 0 Å². The van der Waals surface area contributed by atoms with Gasteiger partial charge in [0, 0.05) is 12.3 Å². The van der Waals surface area contributed by atoms with E-state index in [2.05, 4.69) is 0 Å². The number of aromatic hydroxyl groups is 2. The van der Waals surface area contributed by atoms with Crippen molar-refractivity contribution in [1.82, 2.24) is 0 Å². The number of hydrogen-bond donors (Lipinski definition) is 2. The fourth-order valence-corrected chi connectivity index (χ4v) is 3.84. The number of rotatable bonds is 5. The molecule has 0 saturated heterocycles. The zero-order valence-electron chi connectivity index (χ0n) is 15.9. The van der Waals surface area contributed by atoms with Crippen molar-refractivity contribution in [2.75, 3.05) is 6.66 Å². The molecule has 25 heavy (non-hydrogen) atoms. The van der Waals surface area contributed by atoms with Crippen LogP contribution in [0.4, 0.5) is 0 Å². The van der Waals surface area contributed by atoms with E-state index in [9.17, 15) is 14.8 Å². The van der Waals surface area contributed by atoms with E-state index in [0.717, 1.165) is 39.8 Å². The number of phenolic OH excluding ortho intramolecular Hbond substituents is 2. The Morgan fingerprint density at radius 2 is 1.16 bits per heavy atom. The number of aryl methyl sites for hydroxylation is 4. The molecule has 2 aromatic carbocycles. The summed E-state index contributed by atoms with van der Waals surface area (Å²) < 4.78 is 12.0. The molecule has 2 aromatic rings. The average Bonchev–Trinajstić information content (AvgIpc) is 2.54. The smallest absolute Gasteiger partial charge is 0.338 e. The summed E-state index contributed by atoms with van der Waals surface area (Å²) in [6.45, 7) is 11.4. The van der Waals surface area contributed by atoms with E-state index >= 15 is 0 Å². The van der Waals surface area contributed by atoms with Crippen molar-refractivity contribution in [1.29, 1.82) is 0 Å². The molecule has 3 nitrogen and oxygen atoms in total. The highest BCUT2D eigenvalue weighted by Gasteiger charge is 2.27. The molecular weight excluding hydrogens is 331 g/mol. The van der Waals surface area contributed by atoms with Gasteiger partial charge in [0.15, 0.2) is 5.66 Å². The maximum atomic E-state index is 12.0. The highest BCUT2D eigenvalue weighted by Crippen LogP contribution is 2.40. The summed E-state index contributed by atoms with van der Waals surface area (Å²) in [4.78, 5) is 0. The lowest BCUT2D eigenvalue weighted by Gasteiger charge is -2.21. The van der Waals surface area contributed by atoms with Gasteiger partial charge in [-0.3, -0.25) is 0 Å². The Labute approximate surface area is 151 Å². The Morgan fingerprint density at radius 3 is 1.44 bits per heavy atom. The van der Waals surface area contributed by atoms with Crippen molar-refractivity contribution in [2.24, 2.45) is 0 Å². The molecular formula is C21H28O3P+. The van der Waals surface area contributed by atoms with E-state index in [1.54, 1.807) is 6.66 Å². The van der Waals surface area contributed by atoms with Gasteiger partial charge in [-0.05, 0) is 68.0 Å². The first-order chi connectivity index (χ1) is 11.6. The van der Waals surface area contributed by atoms with Crippen molar-refractivity contribution in [2.45, 2.75) is 52.6 Å². The quantitative estimate of drug-likeness (QED) is 0.673. The molecule has 0 aliphatic heterocycles. The van der Waals surface area contributed by atoms with Crippen LogP contribution < -0.4 is 0 Å². The summed E-state index contributed by atoms with van der Waals surface area (Å²) in [7, 11) is -1.27. The molecule has 0 bridgehead atoms. The molecule has 2 atom stereocenters. The summed E-state index contributed by atoms with van der Waals surface area (Å²) in [5.41, 5.74) is 5.70. The normalized spacial score (nSPS) is 13.2. The Kier molecular flexibility index (Phi) is 5.90. The van der Waals surface area contributed by atoms with Crippen LogP contribution in [0.25, 0.3) is 0 Å². The van der Waals surface area contributed by atoms with E-state index in [1.807, 2.05) is 58.9 Å². The molecule has 0 amide bonds. The molecule has 0 aliphatic rings. The van der Waals surface area contributed by atoms with Gasteiger partial charge in [0.2, 0.25) is 0 Å². The number of hydrogen-bond acceptors (Lipinski definition) is 3. The Morgan fingerprint density at radius 1 is 0.840 bits per heavy atom. The third-order valence-corrected chi connectivity index (χ3v) is 6.48. The van der Waals surface area contributed by atoms with Crippen molar-refractivity contribution in [3.05, 3.63) is 57.6 Å². The first-order valence-electron chi connectivity index (χ1n) is 8.62. The largest absolute Gasteiger partial charge is 0.507 e. The topological polar surface area (TPSA) is 57.5 Å². The molecule has 2 unspecified atom stereocenters. The molecule has 4 heteroatoms. The zero-order valence-corrected chi connectivity index (χ0v) is 16.8. The maximum Gasteiger partial charge on any atom is 0.338 e. The first kappa shape index (κ1) is 19.5. The lowest BCUT2D eigenvalue weighted by Crippen LogP contribution is -2.09. The Balaban J connectivity index is 2.60. The van der Waals surface area contributed by atoms with E-state index in [4.69, 9.17) is 0 Å². The lowest BCUT2D eigenvalue weighted by molar-refractivity contribution is 0.466. The van der Waals surface area contributed by atoms with Crippen LogP contribution in [0.1, 0.15) is 52.6 Å². The van der Waals surface area contributed by atoms with Crippen LogP contribution in [-0.4, -0.2) is 22.5 Å². The van der Waals surface area contributed by atoms with Gasteiger partial charge in [0.1, 0.15) is 18.2 Å². The third kappa shape index (κ3) is 4.22. The number of benzene rings is 2. The van der Waals surface area contributed by atoms with Crippen LogP contribution in [-0.2, 0) is 4.57 Å². The Hall–Kier alpha value is -1.86.